The molecule has 0 bridgehead atoms. The first-order valence-corrected chi connectivity index (χ1v) is 8.31. The molecule has 3 aromatic rings. The Labute approximate surface area is 145 Å². The van der Waals surface area contributed by atoms with E-state index in [1.165, 1.54) is 0 Å². The Morgan fingerprint density at radius 3 is 2.46 bits per heavy atom. The molecule has 0 unspecified atom stereocenters. The van der Waals surface area contributed by atoms with Gasteiger partial charge in [0.2, 0.25) is 0 Å². The molecule has 0 radical (unpaired) electrons. The minimum atomic E-state index is -0.0888. The van der Waals surface area contributed by atoms with E-state index >= 15 is 0 Å². The average Bonchev–Trinajstić information content (AvgIpc) is 3.31. The second kappa shape index (κ2) is 6.13. The summed E-state index contributed by atoms with van der Waals surface area (Å²) in [5.74, 6) is -0.0888. The van der Waals surface area contributed by atoms with Crippen molar-refractivity contribution in [3.63, 3.8) is 0 Å². The third-order valence-electron chi connectivity index (χ3n) is 4.00. The van der Waals surface area contributed by atoms with Crippen molar-refractivity contribution in [3.05, 3.63) is 71.4 Å². The summed E-state index contributed by atoms with van der Waals surface area (Å²) in [7, 11) is 0. The van der Waals surface area contributed by atoms with Gasteiger partial charge in [0.1, 0.15) is 5.69 Å². The van der Waals surface area contributed by atoms with Crippen molar-refractivity contribution in [1.29, 1.82) is 0 Å². The van der Waals surface area contributed by atoms with Gasteiger partial charge in [0.25, 0.3) is 5.91 Å². The molecule has 1 aliphatic carbocycles. The van der Waals surface area contributed by atoms with E-state index < -0.39 is 0 Å². The molecular weight excluding hydrogens is 322 g/mol. The first kappa shape index (κ1) is 15.0. The standard InChI is InChI=1S/C19H16ClN3O/c20-14-8-6-13(7-9-14)17-12-18(19(24)21-15-10-11-15)23(22-17)16-4-2-1-3-5-16/h1-9,12,15H,10-11H2,(H,21,24). The van der Waals surface area contributed by atoms with Crippen LogP contribution in [0.3, 0.4) is 0 Å². The van der Waals surface area contributed by atoms with Crippen LogP contribution in [0.5, 0.6) is 0 Å². The monoisotopic (exact) mass is 337 g/mol. The Kier molecular flexibility index (Phi) is 3.82. The molecule has 1 aliphatic rings. The van der Waals surface area contributed by atoms with Gasteiger partial charge in [-0.15, -0.1) is 0 Å². The predicted molar refractivity (Wildman–Crippen MR) is 94.5 cm³/mol. The number of para-hydroxylation sites is 1. The van der Waals surface area contributed by atoms with Crippen LogP contribution in [0.4, 0.5) is 0 Å². The molecule has 2 aromatic carbocycles. The number of carbonyl (C=O) groups is 1. The fourth-order valence-electron chi connectivity index (χ4n) is 2.56. The maximum atomic E-state index is 12.6. The predicted octanol–water partition coefficient (Wildman–Crippen LogP) is 4.08. The van der Waals surface area contributed by atoms with Crippen molar-refractivity contribution in [2.45, 2.75) is 18.9 Å². The second-order valence-corrected chi connectivity index (χ2v) is 6.35. The van der Waals surface area contributed by atoms with Crippen LogP contribution in [0.1, 0.15) is 23.3 Å². The van der Waals surface area contributed by atoms with E-state index in [1.54, 1.807) is 4.68 Å². The molecule has 24 heavy (non-hydrogen) atoms. The molecule has 1 N–H and O–H groups in total. The molecule has 1 heterocycles. The summed E-state index contributed by atoms with van der Waals surface area (Å²) in [6, 6.07) is 19.3. The smallest absolute Gasteiger partial charge is 0.270 e. The maximum Gasteiger partial charge on any atom is 0.270 e. The molecule has 4 rings (SSSR count). The first-order valence-electron chi connectivity index (χ1n) is 7.93. The van der Waals surface area contributed by atoms with Crippen molar-refractivity contribution in [1.82, 2.24) is 15.1 Å². The summed E-state index contributed by atoms with van der Waals surface area (Å²) in [5.41, 5.74) is 3.07. The summed E-state index contributed by atoms with van der Waals surface area (Å²) in [4.78, 5) is 12.6. The van der Waals surface area contributed by atoms with E-state index in [1.807, 2.05) is 60.7 Å². The van der Waals surface area contributed by atoms with E-state index in [2.05, 4.69) is 10.4 Å². The molecule has 0 spiro atoms. The second-order valence-electron chi connectivity index (χ2n) is 5.92. The van der Waals surface area contributed by atoms with E-state index in [4.69, 9.17) is 11.6 Å². The van der Waals surface area contributed by atoms with Crippen LogP contribution in [-0.2, 0) is 0 Å². The van der Waals surface area contributed by atoms with Crippen molar-refractivity contribution in [3.8, 4) is 16.9 Å². The maximum absolute atomic E-state index is 12.6. The Bertz CT molecular complexity index is 867. The largest absolute Gasteiger partial charge is 0.348 e. The van der Waals surface area contributed by atoms with Crippen LogP contribution in [0.25, 0.3) is 16.9 Å². The zero-order chi connectivity index (χ0) is 16.5. The average molecular weight is 338 g/mol. The molecule has 1 saturated carbocycles. The summed E-state index contributed by atoms with van der Waals surface area (Å²) in [5, 5.41) is 8.35. The van der Waals surface area contributed by atoms with Crippen molar-refractivity contribution < 1.29 is 4.79 Å². The number of hydrogen-bond donors (Lipinski definition) is 1. The third kappa shape index (κ3) is 3.05. The van der Waals surface area contributed by atoms with Crippen LogP contribution in [0, 0.1) is 0 Å². The fourth-order valence-corrected chi connectivity index (χ4v) is 2.68. The number of hydrogen-bond acceptors (Lipinski definition) is 2. The summed E-state index contributed by atoms with van der Waals surface area (Å²) in [6.07, 6.45) is 2.10. The Balaban J connectivity index is 1.77. The van der Waals surface area contributed by atoms with Gasteiger partial charge in [-0.2, -0.15) is 5.10 Å². The highest BCUT2D eigenvalue weighted by atomic mass is 35.5. The van der Waals surface area contributed by atoms with Crippen LogP contribution in [0.15, 0.2) is 60.7 Å². The van der Waals surface area contributed by atoms with Gasteiger partial charge in [0.05, 0.1) is 11.4 Å². The van der Waals surface area contributed by atoms with Crippen molar-refractivity contribution in [2.24, 2.45) is 0 Å². The number of carbonyl (C=O) groups excluding carboxylic acids is 1. The summed E-state index contributed by atoms with van der Waals surface area (Å²) in [6.45, 7) is 0. The van der Waals surface area contributed by atoms with Crippen molar-refractivity contribution >= 4 is 17.5 Å². The first-order chi connectivity index (χ1) is 11.7. The van der Waals surface area contributed by atoms with Gasteiger partial charge < -0.3 is 5.32 Å². The van der Waals surface area contributed by atoms with Gasteiger partial charge in [-0.1, -0.05) is 41.9 Å². The quantitative estimate of drug-likeness (QED) is 0.779. The van der Waals surface area contributed by atoms with Gasteiger partial charge in [-0.3, -0.25) is 4.79 Å². The number of nitrogens with one attached hydrogen (secondary N) is 1. The minimum Gasteiger partial charge on any atom is -0.348 e. The molecule has 0 atom stereocenters. The zero-order valence-electron chi connectivity index (χ0n) is 12.9. The number of benzene rings is 2. The molecule has 120 valence electrons. The van der Waals surface area contributed by atoms with Crippen molar-refractivity contribution in [2.75, 3.05) is 0 Å². The molecule has 0 aliphatic heterocycles. The third-order valence-corrected chi connectivity index (χ3v) is 4.25. The van der Waals surface area contributed by atoms with E-state index in [9.17, 15) is 4.79 Å². The van der Waals surface area contributed by atoms with Gasteiger partial charge in [-0.05, 0) is 43.2 Å². The number of halogens is 1. The number of rotatable bonds is 4. The number of amides is 1. The zero-order valence-corrected chi connectivity index (χ0v) is 13.7. The van der Waals surface area contributed by atoms with Gasteiger partial charge >= 0.3 is 0 Å². The molecule has 0 saturated heterocycles. The molecule has 1 fully saturated rings. The minimum absolute atomic E-state index is 0.0888. The molecule has 1 amide bonds. The van der Waals surface area contributed by atoms with Crippen LogP contribution in [0.2, 0.25) is 5.02 Å². The van der Waals surface area contributed by atoms with Gasteiger partial charge in [0.15, 0.2) is 0 Å². The number of aromatic nitrogens is 2. The van der Waals surface area contributed by atoms with E-state index in [-0.39, 0.29) is 5.91 Å². The van der Waals surface area contributed by atoms with Crippen LogP contribution in [-0.4, -0.2) is 21.7 Å². The van der Waals surface area contributed by atoms with E-state index in [0.29, 0.717) is 16.8 Å². The molecule has 5 heteroatoms. The normalized spacial score (nSPS) is 13.7. The SMILES string of the molecule is O=C(NC1CC1)c1cc(-c2ccc(Cl)cc2)nn1-c1ccccc1. The Hall–Kier alpha value is -2.59. The molecule has 4 nitrogen and oxygen atoms in total. The number of nitrogens with zero attached hydrogens (tertiary/aromatic N) is 2. The molecule has 1 aromatic heterocycles. The van der Waals surface area contributed by atoms with Crippen LogP contribution < -0.4 is 5.32 Å². The Morgan fingerprint density at radius 2 is 1.79 bits per heavy atom. The van der Waals surface area contributed by atoms with Crippen LogP contribution >= 0.6 is 11.6 Å². The summed E-state index contributed by atoms with van der Waals surface area (Å²) >= 11 is 5.96. The highest BCUT2D eigenvalue weighted by Crippen LogP contribution is 2.25. The molecular formula is C19H16ClN3O. The lowest BCUT2D eigenvalue weighted by Crippen LogP contribution is -2.27. The highest BCUT2D eigenvalue weighted by molar-refractivity contribution is 6.30. The van der Waals surface area contributed by atoms with Gasteiger partial charge in [-0.25, -0.2) is 4.68 Å². The lowest BCUT2D eigenvalue weighted by molar-refractivity contribution is 0.0943. The lowest BCUT2D eigenvalue weighted by Gasteiger charge is -2.07. The summed E-state index contributed by atoms with van der Waals surface area (Å²) < 4.78 is 1.70. The van der Waals surface area contributed by atoms with Gasteiger partial charge in [0, 0.05) is 16.6 Å². The van der Waals surface area contributed by atoms with E-state index in [0.717, 1.165) is 29.8 Å². The Morgan fingerprint density at radius 1 is 1.08 bits per heavy atom. The topological polar surface area (TPSA) is 46.9 Å². The highest BCUT2D eigenvalue weighted by Gasteiger charge is 2.26. The lowest BCUT2D eigenvalue weighted by atomic mass is 10.1. The fraction of sp³-hybridized carbons (Fsp3) is 0.158.